The second kappa shape index (κ2) is 8.00. The van der Waals surface area contributed by atoms with E-state index in [9.17, 15) is 14.4 Å². The van der Waals surface area contributed by atoms with Crippen LogP contribution in [0.25, 0.3) is 0 Å². The zero-order chi connectivity index (χ0) is 17.7. The van der Waals surface area contributed by atoms with Gasteiger partial charge >= 0.3 is 18.0 Å². The van der Waals surface area contributed by atoms with Crippen LogP contribution in [0, 0.1) is 5.92 Å². The number of carbonyl (C=O) groups excluding carboxylic acids is 2. The second-order valence-electron chi connectivity index (χ2n) is 6.65. The van der Waals surface area contributed by atoms with E-state index in [4.69, 9.17) is 14.6 Å². The molecule has 0 radical (unpaired) electrons. The SMILES string of the molecule is CC(C)CC(C(=O)OC(C)C(=O)O)N(C)C(=O)OC(C)(C)C. The highest BCUT2D eigenvalue weighted by Gasteiger charge is 2.33. The van der Waals surface area contributed by atoms with Crippen molar-refractivity contribution < 1.29 is 29.0 Å². The highest BCUT2D eigenvalue weighted by Crippen LogP contribution is 2.17. The Labute approximate surface area is 131 Å². The van der Waals surface area contributed by atoms with Gasteiger partial charge in [0.1, 0.15) is 11.6 Å². The molecule has 0 bridgehead atoms. The van der Waals surface area contributed by atoms with Crippen LogP contribution in [0.15, 0.2) is 0 Å². The summed E-state index contributed by atoms with van der Waals surface area (Å²) in [6.07, 6.45) is -1.58. The molecule has 1 amide bonds. The van der Waals surface area contributed by atoms with Gasteiger partial charge < -0.3 is 14.6 Å². The van der Waals surface area contributed by atoms with Gasteiger partial charge in [0.25, 0.3) is 0 Å². The van der Waals surface area contributed by atoms with Gasteiger partial charge in [0.05, 0.1) is 0 Å². The Morgan fingerprint density at radius 2 is 1.64 bits per heavy atom. The highest BCUT2D eigenvalue weighted by atomic mass is 16.6. The van der Waals surface area contributed by atoms with E-state index < -0.39 is 35.8 Å². The third-order valence-corrected chi connectivity index (χ3v) is 2.76. The van der Waals surface area contributed by atoms with Gasteiger partial charge in [-0.1, -0.05) is 13.8 Å². The van der Waals surface area contributed by atoms with Crippen LogP contribution < -0.4 is 0 Å². The Morgan fingerprint density at radius 1 is 1.14 bits per heavy atom. The minimum absolute atomic E-state index is 0.113. The maximum atomic E-state index is 12.2. The first-order chi connectivity index (χ1) is 9.85. The standard InChI is InChI=1S/C15H27NO6/c1-9(2)8-11(13(19)21-10(3)12(17)18)16(7)14(20)22-15(4,5)6/h9-11H,8H2,1-7H3,(H,17,18). The van der Waals surface area contributed by atoms with E-state index in [2.05, 4.69) is 0 Å². The quantitative estimate of drug-likeness (QED) is 0.755. The molecule has 0 aliphatic heterocycles. The van der Waals surface area contributed by atoms with Gasteiger partial charge in [0.15, 0.2) is 6.10 Å². The normalized spacial score (nSPS) is 14.2. The molecule has 7 heteroatoms. The average molecular weight is 317 g/mol. The summed E-state index contributed by atoms with van der Waals surface area (Å²) < 4.78 is 10.1. The number of amides is 1. The third kappa shape index (κ3) is 7.28. The fourth-order valence-corrected chi connectivity index (χ4v) is 1.62. The van der Waals surface area contributed by atoms with Gasteiger partial charge in [-0.05, 0) is 40.0 Å². The largest absolute Gasteiger partial charge is 0.479 e. The van der Waals surface area contributed by atoms with Crippen molar-refractivity contribution in [2.45, 2.75) is 65.7 Å². The van der Waals surface area contributed by atoms with Crippen LogP contribution in [-0.4, -0.2) is 52.8 Å². The van der Waals surface area contributed by atoms with Crippen molar-refractivity contribution in [3.63, 3.8) is 0 Å². The summed E-state index contributed by atoms with van der Waals surface area (Å²) in [6, 6.07) is -0.892. The smallest absolute Gasteiger partial charge is 0.410 e. The molecule has 0 spiro atoms. The van der Waals surface area contributed by atoms with E-state index in [1.54, 1.807) is 20.8 Å². The topological polar surface area (TPSA) is 93.1 Å². The van der Waals surface area contributed by atoms with Crippen LogP contribution in [-0.2, 0) is 19.1 Å². The summed E-state index contributed by atoms with van der Waals surface area (Å²) in [6.45, 7) is 10.2. The Balaban J connectivity index is 5.07. The number of ether oxygens (including phenoxy) is 2. The van der Waals surface area contributed by atoms with Crippen LogP contribution in [0.4, 0.5) is 4.79 Å². The highest BCUT2D eigenvalue weighted by molar-refractivity contribution is 5.84. The molecule has 1 N–H and O–H groups in total. The molecule has 0 aromatic rings. The summed E-state index contributed by atoms with van der Waals surface area (Å²) in [5.41, 5.74) is -0.689. The predicted octanol–water partition coefficient (Wildman–Crippen LogP) is 2.28. The summed E-state index contributed by atoms with van der Waals surface area (Å²) >= 11 is 0. The molecule has 0 fully saturated rings. The molecular weight excluding hydrogens is 290 g/mol. The average Bonchev–Trinajstić information content (AvgIpc) is 2.32. The van der Waals surface area contributed by atoms with Crippen molar-refractivity contribution in [1.29, 1.82) is 0 Å². The van der Waals surface area contributed by atoms with Crippen molar-refractivity contribution in [2.24, 2.45) is 5.92 Å². The van der Waals surface area contributed by atoms with Crippen LogP contribution in [0.3, 0.4) is 0 Å². The molecule has 0 heterocycles. The van der Waals surface area contributed by atoms with Crippen molar-refractivity contribution >= 4 is 18.0 Å². The van der Waals surface area contributed by atoms with Gasteiger partial charge in [-0.2, -0.15) is 0 Å². The molecule has 0 aromatic carbocycles. The maximum absolute atomic E-state index is 12.2. The number of likely N-dealkylation sites (N-methyl/N-ethyl adjacent to an activating group) is 1. The number of nitrogens with zero attached hydrogens (tertiary/aromatic N) is 1. The monoisotopic (exact) mass is 317 g/mol. The summed E-state index contributed by atoms with van der Waals surface area (Å²) in [4.78, 5) is 36.2. The van der Waals surface area contributed by atoms with Crippen LogP contribution in [0.2, 0.25) is 0 Å². The molecular formula is C15H27NO6. The van der Waals surface area contributed by atoms with E-state index in [-0.39, 0.29) is 5.92 Å². The Bertz CT molecular complexity index is 413. The number of rotatable bonds is 6. The van der Waals surface area contributed by atoms with Crippen LogP contribution >= 0.6 is 0 Å². The summed E-state index contributed by atoms with van der Waals surface area (Å²) in [5, 5.41) is 8.81. The predicted molar refractivity (Wildman–Crippen MR) is 80.4 cm³/mol. The molecule has 0 saturated carbocycles. The Kier molecular flexibility index (Phi) is 7.35. The maximum Gasteiger partial charge on any atom is 0.410 e. The summed E-state index contributed by atoms with van der Waals surface area (Å²) in [7, 11) is 1.44. The zero-order valence-corrected chi connectivity index (χ0v) is 14.4. The number of aliphatic carboxylic acids is 1. The van der Waals surface area contributed by atoms with Crippen molar-refractivity contribution in [2.75, 3.05) is 7.05 Å². The lowest BCUT2D eigenvalue weighted by Crippen LogP contribution is -2.47. The van der Waals surface area contributed by atoms with E-state index in [0.29, 0.717) is 6.42 Å². The van der Waals surface area contributed by atoms with E-state index >= 15 is 0 Å². The minimum atomic E-state index is -1.27. The van der Waals surface area contributed by atoms with E-state index in [1.807, 2.05) is 13.8 Å². The van der Waals surface area contributed by atoms with Crippen LogP contribution in [0.1, 0.15) is 48.0 Å². The number of carboxylic acid groups (broad SMARTS) is 1. The lowest BCUT2D eigenvalue weighted by Gasteiger charge is -2.30. The Hall–Kier alpha value is -1.79. The molecule has 2 atom stereocenters. The molecule has 22 heavy (non-hydrogen) atoms. The van der Waals surface area contributed by atoms with Crippen LogP contribution in [0.5, 0.6) is 0 Å². The number of esters is 1. The third-order valence-electron chi connectivity index (χ3n) is 2.76. The van der Waals surface area contributed by atoms with Gasteiger partial charge in [0.2, 0.25) is 0 Å². The van der Waals surface area contributed by atoms with E-state index in [0.717, 1.165) is 4.90 Å². The van der Waals surface area contributed by atoms with Gasteiger partial charge in [-0.3, -0.25) is 4.90 Å². The number of hydrogen-bond acceptors (Lipinski definition) is 5. The molecule has 7 nitrogen and oxygen atoms in total. The number of carboxylic acids is 1. The molecule has 0 aromatic heterocycles. The van der Waals surface area contributed by atoms with Gasteiger partial charge in [0, 0.05) is 7.05 Å². The van der Waals surface area contributed by atoms with Crippen molar-refractivity contribution in [3.8, 4) is 0 Å². The molecule has 0 saturated heterocycles. The van der Waals surface area contributed by atoms with Gasteiger partial charge in [-0.25, -0.2) is 14.4 Å². The fraction of sp³-hybridized carbons (Fsp3) is 0.800. The number of hydrogen-bond donors (Lipinski definition) is 1. The number of carbonyl (C=O) groups is 3. The first-order valence-corrected chi connectivity index (χ1v) is 7.24. The van der Waals surface area contributed by atoms with Gasteiger partial charge in [-0.15, -0.1) is 0 Å². The molecule has 0 aliphatic carbocycles. The minimum Gasteiger partial charge on any atom is -0.479 e. The fourth-order valence-electron chi connectivity index (χ4n) is 1.62. The first kappa shape index (κ1) is 20.2. The molecule has 128 valence electrons. The lowest BCUT2D eigenvalue weighted by atomic mass is 10.0. The summed E-state index contributed by atoms with van der Waals surface area (Å²) in [5.74, 6) is -1.88. The molecule has 0 rings (SSSR count). The zero-order valence-electron chi connectivity index (χ0n) is 14.4. The Morgan fingerprint density at radius 3 is 2.00 bits per heavy atom. The second-order valence-corrected chi connectivity index (χ2v) is 6.65. The molecule has 0 aliphatic rings. The van der Waals surface area contributed by atoms with E-state index in [1.165, 1.54) is 14.0 Å². The van der Waals surface area contributed by atoms with Crippen molar-refractivity contribution in [3.05, 3.63) is 0 Å². The molecule has 2 unspecified atom stereocenters. The van der Waals surface area contributed by atoms with Crippen molar-refractivity contribution in [1.82, 2.24) is 4.90 Å². The lowest BCUT2D eigenvalue weighted by molar-refractivity contribution is -0.166. The first-order valence-electron chi connectivity index (χ1n) is 7.24.